The minimum absolute atomic E-state index is 0.0963. The summed E-state index contributed by atoms with van der Waals surface area (Å²) in [5.41, 5.74) is 1.16. The summed E-state index contributed by atoms with van der Waals surface area (Å²) in [7, 11) is 1.94. The van der Waals surface area contributed by atoms with Crippen molar-refractivity contribution in [1.29, 1.82) is 0 Å². The van der Waals surface area contributed by atoms with Crippen LogP contribution in [0.5, 0.6) is 5.75 Å². The number of thiophene rings is 1. The summed E-state index contributed by atoms with van der Waals surface area (Å²) < 4.78 is 6.65. The molecule has 1 unspecified atom stereocenters. The summed E-state index contributed by atoms with van der Waals surface area (Å²) in [4.78, 5) is 1.13. The molecule has 108 valence electrons. The molecule has 0 fully saturated rings. The maximum atomic E-state index is 6.24. The van der Waals surface area contributed by atoms with Gasteiger partial charge in [-0.2, -0.15) is 0 Å². The van der Waals surface area contributed by atoms with Gasteiger partial charge in [0.05, 0.1) is 22.1 Å². The van der Waals surface area contributed by atoms with Crippen molar-refractivity contribution >= 4 is 38.9 Å². The second-order valence-corrected chi connectivity index (χ2v) is 6.60. The Hall–Kier alpha value is -0.550. The number of nitrogens with one attached hydrogen (secondary N) is 1. The minimum atomic E-state index is 0.0963. The highest BCUT2D eigenvalue weighted by molar-refractivity contribution is 9.10. The van der Waals surface area contributed by atoms with Gasteiger partial charge in [-0.1, -0.05) is 24.6 Å². The number of benzene rings is 1. The van der Waals surface area contributed by atoms with Gasteiger partial charge in [-0.05, 0) is 58.5 Å². The topological polar surface area (TPSA) is 21.3 Å². The molecule has 2 nitrogen and oxygen atoms in total. The van der Waals surface area contributed by atoms with Crippen LogP contribution in [0.3, 0.4) is 0 Å². The molecule has 0 saturated heterocycles. The van der Waals surface area contributed by atoms with Crippen LogP contribution in [0.4, 0.5) is 0 Å². The van der Waals surface area contributed by atoms with E-state index in [1.807, 2.05) is 24.6 Å². The number of rotatable bonds is 6. The van der Waals surface area contributed by atoms with Crippen LogP contribution in [0.15, 0.2) is 34.1 Å². The molecule has 1 N–H and O–H groups in total. The Labute approximate surface area is 137 Å². The van der Waals surface area contributed by atoms with Crippen molar-refractivity contribution in [2.75, 3.05) is 13.7 Å². The van der Waals surface area contributed by atoms with Crippen molar-refractivity contribution in [1.82, 2.24) is 5.32 Å². The molecule has 1 aromatic carbocycles. The zero-order valence-electron chi connectivity index (χ0n) is 11.5. The molecule has 0 aliphatic heterocycles. The third-order valence-electron chi connectivity index (χ3n) is 2.95. The fourth-order valence-electron chi connectivity index (χ4n) is 1.99. The third-order valence-corrected chi connectivity index (χ3v) is 4.99. The first-order chi connectivity index (χ1) is 9.67. The van der Waals surface area contributed by atoms with E-state index in [0.29, 0.717) is 0 Å². The molecule has 0 aliphatic rings. The monoisotopic (exact) mass is 373 g/mol. The van der Waals surface area contributed by atoms with Gasteiger partial charge in [0.25, 0.3) is 0 Å². The van der Waals surface area contributed by atoms with E-state index >= 15 is 0 Å². The quantitative estimate of drug-likeness (QED) is 0.744. The van der Waals surface area contributed by atoms with Crippen LogP contribution in [0, 0.1) is 0 Å². The van der Waals surface area contributed by atoms with Crippen LogP contribution < -0.4 is 10.1 Å². The molecule has 0 spiro atoms. The largest absolute Gasteiger partial charge is 0.492 e. The number of halogens is 2. The van der Waals surface area contributed by atoms with Gasteiger partial charge in [-0.15, -0.1) is 11.3 Å². The van der Waals surface area contributed by atoms with Crippen molar-refractivity contribution in [3.8, 4) is 5.75 Å². The molecule has 2 rings (SSSR count). The smallest absolute Gasteiger partial charge is 0.133 e. The van der Waals surface area contributed by atoms with E-state index in [9.17, 15) is 0 Å². The maximum absolute atomic E-state index is 6.24. The van der Waals surface area contributed by atoms with Gasteiger partial charge in [-0.25, -0.2) is 0 Å². The van der Waals surface area contributed by atoms with E-state index in [0.717, 1.165) is 38.7 Å². The van der Waals surface area contributed by atoms with Crippen LogP contribution in [0.2, 0.25) is 5.02 Å². The van der Waals surface area contributed by atoms with Crippen LogP contribution in [-0.2, 0) is 0 Å². The first-order valence-electron chi connectivity index (χ1n) is 6.49. The van der Waals surface area contributed by atoms with Crippen molar-refractivity contribution in [3.63, 3.8) is 0 Å². The minimum Gasteiger partial charge on any atom is -0.492 e. The van der Waals surface area contributed by atoms with Crippen LogP contribution >= 0.6 is 38.9 Å². The van der Waals surface area contributed by atoms with Crippen molar-refractivity contribution in [2.24, 2.45) is 0 Å². The first-order valence-corrected chi connectivity index (χ1v) is 8.54. The molecule has 0 aliphatic carbocycles. The summed E-state index contributed by atoms with van der Waals surface area (Å²) >= 11 is 11.5. The number of ether oxygens (including phenoxy) is 1. The van der Waals surface area contributed by atoms with Crippen LogP contribution in [0.1, 0.15) is 29.8 Å². The molecular weight excluding hydrogens is 358 g/mol. The Bertz CT molecular complexity index is 573. The van der Waals surface area contributed by atoms with E-state index in [2.05, 4.69) is 40.3 Å². The lowest BCUT2D eigenvalue weighted by Gasteiger charge is -2.17. The Kier molecular flexibility index (Phi) is 5.90. The van der Waals surface area contributed by atoms with Gasteiger partial charge in [0.15, 0.2) is 0 Å². The van der Waals surface area contributed by atoms with E-state index in [4.69, 9.17) is 16.3 Å². The molecule has 5 heteroatoms. The van der Waals surface area contributed by atoms with E-state index in [1.54, 1.807) is 11.3 Å². The van der Waals surface area contributed by atoms with Crippen LogP contribution in [-0.4, -0.2) is 13.7 Å². The Morgan fingerprint density at radius 2 is 2.20 bits per heavy atom. The first kappa shape index (κ1) is 15.8. The molecule has 0 bridgehead atoms. The standard InChI is InChI=1S/C15H17BrClNOS/c1-3-7-19-13-5-4-10(9-11(13)16)14(18-2)15-12(17)6-8-20-15/h4-6,8-9,14,18H,3,7H2,1-2H3. The lowest BCUT2D eigenvalue weighted by atomic mass is 10.1. The number of hydrogen-bond donors (Lipinski definition) is 1. The van der Waals surface area contributed by atoms with E-state index in [1.165, 1.54) is 0 Å². The Morgan fingerprint density at radius 3 is 2.75 bits per heavy atom. The molecule has 2 aromatic rings. The molecular formula is C15H17BrClNOS. The van der Waals surface area contributed by atoms with Gasteiger partial charge in [0.1, 0.15) is 5.75 Å². The van der Waals surface area contributed by atoms with Gasteiger partial charge in [0.2, 0.25) is 0 Å². The SMILES string of the molecule is CCCOc1ccc(C(NC)c2sccc2Cl)cc1Br. The second kappa shape index (κ2) is 7.46. The molecule has 1 atom stereocenters. The second-order valence-electron chi connectivity index (χ2n) is 4.39. The number of hydrogen-bond acceptors (Lipinski definition) is 3. The van der Waals surface area contributed by atoms with Crippen LogP contribution in [0.25, 0.3) is 0 Å². The summed E-state index contributed by atoms with van der Waals surface area (Å²) in [5.74, 6) is 0.878. The lowest BCUT2D eigenvalue weighted by molar-refractivity contribution is 0.315. The predicted octanol–water partition coefficient (Wildman–Crippen LogP) is 5.26. The van der Waals surface area contributed by atoms with Crippen molar-refractivity contribution < 1.29 is 4.74 Å². The normalized spacial score (nSPS) is 12.4. The summed E-state index contributed by atoms with van der Waals surface area (Å²) in [5, 5.41) is 6.13. The van der Waals surface area contributed by atoms with Gasteiger partial charge in [-0.3, -0.25) is 0 Å². The third kappa shape index (κ3) is 3.55. The Morgan fingerprint density at radius 1 is 1.40 bits per heavy atom. The highest BCUT2D eigenvalue weighted by Crippen LogP contribution is 2.35. The van der Waals surface area contributed by atoms with Crippen molar-refractivity contribution in [2.45, 2.75) is 19.4 Å². The van der Waals surface area contributed by atoms with Gasteiger partial charge >= 0.3 is 0 Å². The molecule has 20 heavy (non-hydrogen) atoms. The molecule has 0 amide bonds. The molecule has 1 heterocycles. The summed E-state index contributed by atoms with van der Waals surface area (Å²) in [6, 6.07) is 8.19. The van der Waals surface area contributed by atoms with Gasteiger partial charge in [0, 0.05) is 4.88 Å². The van der Waals surface area contributed by atoms with E-state index < -0.39 is 0 Å². The zero-order chi connectivity index (χ0) is 14.5. The predicted molar refractivity (Wildman–Crippen MR) is 90.2 cm³/mol. The Balaban J connectivity index is 2.27. The average molecular weight is 375 g/mol. The average Bonchev–Trinajstić information content (AvgIpc) is 2.85. The van der Waals surface area contributed by atoms with Gasteiger partial charge < -0.3 is 10.1 Å². The highest BCUT2D eigenvalue weighted by atomic mass is 79.9. The summed E-state index contributed by atoms with van der Waals surface area (Å²) in [6.45, 7) is 2.82. The molecule has 0 saturated carbocycles. The van der Waals surface area contributed by atoms with Crippen molar-refractivity contribution in [3.05, 3.63) is 49.6 Å². The zero-order valence-corrected chi connectivity index (χ0v) is 14.6. The molecule has 1 aromatic heterocycles. The lowest BCUT2D eigenvalue weighted by Crippen LogP contribution is -2.16. The maximum Gasteiger partial charge on any atom is 0.133 e. The summed E-state index contributed by atoms with van der Waals surface area (Å²) in [6.07, 6.45) is 0.998. The molecule has 0 radical (unpaired) electrons. The van der Waals surface area contributed by atoms with E-state index in [-0.39, 0.29) is 6.04 Å². The fraction of sp³-hybridized carbons (Fsp3) is 0.333. The fourth-order valence-corrected chi connectivity index (χ4v) is 3.80. The highest BCUT2D eigenvalue weighted by Gasteiger charge is 2.17.